The summed E-state index contributed by atoms with van der Waals surface area (Å²) in [6, 6.07) is 3.80. The quantitative estimate of drug-likeness (QED) is 0.789. The molecule has 1 N–H and O–H groups in total. The Labute approximate surface area is 160 Å². The van der Waals surface area contributed by atoms with E-state index in [1.54, 1.807) is 15.9 Å². The van der Waals surface area contributed by atoms with Gasteiger partial charge < -0.3 is 10.2 Å². The lowest BCUT2D eigenvalue weighted by atomic mass is 10.3. The van der Waals surface area contributed by atoms with Crippen molar-refractivity contribution >= 4 is 21.7 Å². The van der Waals surface area contributed by atoms with Crippen LogP contribution in [0.3, 0.4) is 0 Å². The van der Waals surface area contributed by atoms with Crippen molar-refractivity contribution in [3.05, 3.63) is 23.5 Å². The van der Waals surface area contributed by atoms with E-state index < -0.39 is 10.0 Å². The van der Waals surface area contributed by atoms with Crippen molar-refractivity contribution in [2.24, 2.45) is 0 Å². The fourth-order valence-electron chi connectivity index (χ4n) is 3.42. The highest BCUT2D eigenvalue weighted by molar-refractivity contribution is 7.89. The van der Waals surface area contributed by atoms with E-state index in [9.17, 15) is 8.42 Å². The molecule has 3 heterocycles. The summed E-state index contributed by atoms with van der Waals surface area (Å²) in [6.45, 7) is 10.9. The summed E-state index contributed by atoms with van der Waals surface area (Å²) in [4.78, 5) is 2.40. The monoisotopic (exact) mass is 393 g/mol. The van der Waals surface area contributed by atoms with Gasteiger partial charge in [0.15, 0.2) is 5.82 Å². The first-order valence-corrected chi connectivity index (χ1v) is 10.7. The molecular weight excluding hydrogens is 366 g/mol. The van der Waals surface area contributed by atoms with Crippen LogP contribution in [0.1, 0.15) is 25.2 Å². The predicted molar refractivity (Wildman–Crippen MR) is 105 cm³/mol. The molecule has 0 unspecified atom stereocenters. The third kappa shape index (κ3) is 3.77. The van der Waals surface area contributed by atoms with E-state index in [0.29, 0.717) is 49.0 Å². The smallest absolute Gasteiger partial charge is 0.246 e. The van der Waals surface area contributed by atoms with E-state index in [4.69, 9.17) is 0 Å². The molecule has 3 rings (SSSR count). The summed E-state index contributed by atoms with van der Waals surface area (Å²) < 4.78 is 29.6. The van der Waals surface area contributed by atoms with Crippen LogP contribution in [0.25, 0.3) is 0 Å². The molecule has 27 heavy (non-hydrogen) atoms. The molecule has 2 aromatic heterocycles. The number of anilines is 2. The van der Waals surface area contributed by atoms with Crippen molar-refractivity contribution in [2.45, 2.75) is 39.1 Å². The molecule has 1 aliphatic rings. The van der Waals surface area contributed by atoms with E-state index in [-0.39, 0.29) is 0 Å². The van der Waals surface area contributed by atoms with Crippen LogP contribution in [0.15, 0.2) is 17.0 Å². The Hall–Kier alpha value is -2.20. The van der Waals surface area contributed by atoms with Gasteiger partial charge in [0, 0.05) is 39.3 Å². The molecule has 1 fully saturated rings. The Kier molecular flexibility index (Phi) is 5.66. The van der Waals surface area contributed by atoms with E-state index in [0.717, 1.165) is 18.2 Å². The second kappa shape index (κ2) is 7.81. The van der Waals surface area contributed by atoms with E-state index in [1.807, 2.05) is 32.9 Å². The van der Waals surface area contributed by atoms with Gasteiger partial charge in [0.1, 0.15) is 10.7 Å². The Bertz CT molecular complexity index is 885. The maximum Gasteiger partial charge on any atom is 0.246 e. The van der Waals surface area contributed by atoms with Crippen molar-refractivity contribution in [3.63, 3.8) is 0 Å². The van der Waals surface area contributed by atoms with Crippen molar-refractivity contribution < 1.29 is 8.42 Å². The number of rotatable bonds is 6. The highest BCUT2D eigenvalue weighted by atomic mass is 32.2. The standard InChI is InChI=1S/C17H27N7O2S/c1-5-18-15-7-8-16(20-19-15)22-9-11-23(12-10-22)27(25,26)17-13(3)21-24(6-2)14(17)4/h7-8H,5-6,9-12H2,1-4H3,(H,18,19). The number of aromatic nitrogens is 4. The third-order valence-electron chi connectivity index (χ3n) is 4.78. The van der Waals surface area contributed by atoms with Crippen LogP contribution in [0, 0.1) is 13.8 Å². The molecule has 9 nitrogen and oxygen atoms in total. The summed E-state index contributed by atoms with van der Waals surface area (Å²) in [5, 5.41) is 15.9. The third-order valence-corrected chi connectivity index (χ3v) is 6.94. The lowest BCUT2D eigenvalue weighted by Crippen LogP contribution is -2.49. The van der Waals surface area contributed by atoms with Crippen LogP contribution in [0.2, 0.25) is 0 Å². The van der Waals surface area contributed by atoms with Crippen molar-refractivity contribution in [1.29, 1.82) is 0 Å². The van der Waals surface area contributed by atoms with Gasteiger partial charge in [-0.25, -0.2) is 8.42 Å². The maximum absolute atomic E-state index is 13.1. The Morgan fingerprint density at radius 3 is 2.30 bits per heavy atom. The van der Waals surface area contributed by atoms with Crippen molar-refractivity contribution in [2.75, 3.05) is 42.9 Å². The first-order chi connectivity index (χ1) is 12.9. The molecule has 1 saturated heterocycles. The summed E-state index contributed by atoms with van der Waals surface area (Å²) in [6.07, 6.45) is 0. The zero-order valence-electron chi connectivity index (χ0n) is 16.3. The Balaban J connectivity index is 1.72. The highest BCUT2D eigenvalue weighted by Gasteiger charge is 2.33. The van der Waals surface area contributed by atoms with Crippen LogP contribution >= 0.6 is 0 Å². The van der Waals surface area contributed by atoms with Gasteiger partial charge in [-0.3, -0.25) is 4.68 Å². The molecule has 0 bridgehead atoms. The lowest BCUT2D eigenvalue weighted by molar-refractivity contribution is 0.383. The molecule has 0 aliphatic carbocycles. The molecule has 148 valence electrons. The number of hydrogen-bond acceptors (Lipinski definition) is 7. The largest absolute Gasteiger partial charge is 0.369 e. The van der Waals surface area contributed by atoms with Gasteiger partial charge in [-0.15, -0.1) is 10.2 Å². The predicted octanol–water partition coefficient (Wildman–Crippen LogP) is 1.25. The zero-order valence-corrected chi connectivity index (χ0v) is 17.1. The van der Waals surface area contributed by atoms with Gasteiger partial charge in [0.05, 0.1) is 11.4 Å². The topological polar surface area (TPSA) is 96.2 Å². The normalized spacial score (nSPS) is 15.9. The molecule has 0 atom stereocenters. The summed E-state index contributed by atoms with van der Waals surface area (Å²) in [5.41, 5.74) is 1.25. The van der Waals surface area contributed by atoms with Gasteiger partial charge in [0.25, 0.3) is 0 Å². The number of piperazine rings is 1. The van der Waals surface area contributed by atoms with Gasteiger partial charge in [-0.05, 0) is 39.8 Å². The minimum Gasteiger partial charge on any atom is -0.369 e. The van der Waals surface area contributed by atoms with Crippen molar-refractivity contribution in [1.82, 2.24) is 24.3 Å². The number of sulfonamides is 1. The number of aryl methyl sites for hydroxylation is 2. The highest BCUT2D eigenvalue weighted by Crippen LogP contribution is 2.25. The van der Waals surface area contributed by atoms with E-state index >= 15 is 0 Å². The van der Waals surface area contributed by atoms with Crippen LogP contribution in [0.5, 0.6) is 0 Å². The SMILES string of the molecule is CCNc1ccc(N2CCN(S(=O)(=O)c3c(C)nn(CC)c3C)CC2)nn1. The minimum absolute atomic E-state index is 0.340. The summed E-state index contributed by atoms with van der Waals surface area (Å²) in [5.74, 6) is 1.50. The average molecular weight is 394 g/mol. The summed E-state index contributed by atoms with van der Waals surface area (Å²) in [7, 11) is -3.56. The van der Waals surface area contributed by atoms with Crippen molar-refractivity contribution in [3.8, 4) is 0 Å². The molecule has 0 radical (unpaired) electrons. The van der Waals surface area contributed by atoms with Gasteiger partial charge in [-0.2, -0.15) is 9.40 Å². The molecule has 2 aromatic rings. The first kappa shape index (κ1) is 19.6. The van der Waals surface area contributed by atoms with Crippen LogP contribution in [-0.4, -0.2) is 65.4 Å². The Morgan fingerprint density at radius 1 is 1.07 bits per heavy atom. The fraction of sp³-hybridized carbons (Fsp3) is 0.588. The first-order valence-electron chi connectivity index (χ1n) is 9.25. The van der Waals surface area contributed by atoms with Crippen LogP contribution in [-0.2, 0) is 16.6 Å². The van der Waals surface area contributed by atoms with Crippen LogP contribution < -0.4 is 10.2 Å². The summed E-state index contributed by atoms with van der Waals surface area (Å²) >= 11 is 0. The molecular formula is C17H27N7O2S. The molecule has 0 amide bonds. The molecule has 1 aliphatic heterocycles. The van der Waals surface area contributed by atoms with Gasteiger partial charge in [0.2, 0.25) is 10.0 Å². The molecule has 0 spiro atoms. The zero-order chi connectivity index (χ0) is 19.6. The van der Waals surface area contributed by atoms with E-state index in [2.05, 4.69) is 25.5 Å². The second-order valence-corrected chi connectivity index (χ2v) is 8.39. The lowest BCUT2D eigenvalue weighted by Gasteiger charge is -2.34. The number of nitrogens with zero attached hydrogens (tertiary/aromatic N) is 6. The minimum atomic E-state index is -3.56. The molecule has 0 aromatic carbocycles. The number of nitrogens with one attached hydrogen (secondary N) is 1. The second-order valence-electron chi connectivity index (χ2n) is 6.51. The molecule has 0 saturated carbocycles. The average Bonchev–Trinajstić information content (AvgIpc) is 2.97. The van der Waals surface area contributed by atoms with Crippen LogP contribution in [0.4, 0.5) is 11.6 Å². The molecule has 10 heteroatoms. The van der Waals surface area contributed by atoms with Gasteiger partial charge in [-0.1, -0.05) is 0 Å². The fourth-order valence-corrected chi connectivity index (χ4v) is 5.21. The van der Waals surface area contributed by atoms with E-state index in [1.165, 1.54) is 0 Å². The van der Waals surface area contributed by atoms with Gasteiger partial charge >= 0.3 is 0 Å². The number of hydrogen-bond donors (Lipinski definition) is 1. The Morgan fingerprint density at radius 2 is 1.78 bits per heavy atom. The maximum atomic E-state index is 13.1.